The van der Waals surface area contributed by atoms with Gasteiger partial charge in [-0.1, -0.05) is 67.6 Å². The lowest BCUT2D eigenvalue weighted by atomic mass is 9.98. The average molecular weight is 433 g/mol. The molecule has 3 aromatic carbocycles. The van der Waals surface area contributed by atoms with E-state index in [0.29, 0.717) is 11.3 Å². The summed E-state index contributed by atoms with van der Waals surface area (Å²) in [5.41, 5.74) is 12.4. The minimum absolute atomic E-state index is 0.0414. The molecule has 0 aromatic heterocycles. The fraction of sp³-hybridized carbons (Fsp3) is 0.269. The van der Waals surface area contributed by atoms with E-state index >= 15 is 0 Å². The Balaban J connectivity index is 1.35. The molecule has 3 aromatic rings. The van der Waals surface area contributed by atoms with Crippen molar-refractivity contribution in [1.82, 2.24) is 5.32 Å². The predicted molar refractivity (Wildman–Crippen MR) is 124 cm³/mol. The van der Waals surface area contributed by atoms with E-state index in [2.05, 4.69) is 29.6 Å². The van der Waals surface area contributed by atoms with Crippen LogP contribution >= 0.6 is 0 Å². The summed E-state index contributed by atoms with van der Waals surface area (Å²) in [6.07, 6.45) is -2.29. The van der Waals surface area contributed by atoms with Crippen LogP contribution in [-0.4, -0.2) is 35.6 Å². The lowest BCUT2D eigenvalue weighted by Crippen LogP contribution is -2.36. The first kappa shape index (κ1) is 21.9. The van der Waals surface area contributed by atoms with Crippen molar-refractivity contribution in [3.05, 3.63) is 89.0 Å². The summed E-state index contributed by atoms with van der Waals surface area (Å²) in [5.74, 6) is -0.0414. The first-order valence-electron chi connectivity index (χ1n) is 10.8. The van der Waals surface area contributed by atoms with Gasteiger partial charge in [-0.15, -0.1) is 0 Å². The predicted octanol–water partition coefficient (Wildman–Crippen LogP) is 3.76. The molecule has 1 aliphatic rings. The maximum Gasteiger partial charge on any atom is 0.407 e. The molecular weight excluding hydrogens is 404 g/mol. The van der Waals surface area contributed by atoms with Crippen molar-refractivity contribution in [1.29, 1.82) is 0 Å². The summed E-state index contributed by atoms with van der Waals surface area (Å²) in [7, 11) is 0. The van der Waals surface area contributed by atoms with Gasteiger partial charge in [-0.3, -0.25) is 0 Å². The van der Waals surface area contributed by atoms with Gasteiger partial charge in [0.15, 0.2) is 0 Å². The van der Waals surface area contributed by atoms with Crippen LogP contribution in [0.4, 0.5) is 10.5 Å². The van der Waals surface area contributed by atoms with E-state index in [1.807, 2.05) is 37.3 Å². The largest absolute Gasteiger partial charge is 0.449 e. The molecule has 0 bridgehead atoms. The number of nitrogen functional groups attached to an aromatic ring is 1. The van der Waals surface area contributed by atoms with Gasteiger partial charge in [-0.05, 0) is 40.3 Å². The molecule has 2 unspecified atom stereocenters. The molecule has 6 nitrogen and oxygen atoms in total. The highest BCUT2D eigenvalue weighted by atomic mass is 16.5. The van der Waals surface area contributed by atoms with Gasteiger partial charge in [0.05, 0.1) is 0 Å². The molecule has 0 heterocycles. The maximum atomic E-state index is 12.3. The second kappa shape index (κ2) is 9.42. The van der Waals surface area contributed by atoms with Gasteiger partial charge in [-0.2, -0.15) is 0 Å². The summed E-state index contributed by atoms with van der Waals surface area (Å²) in [5, 5.41) is 23.4. The van der Waals surface area contributed by atoms with Gasteiger partial charge >= 0.3 is 6.09 Å². The minimum atomic E-state index is -1.22. The van der Waals surface area contributed by atoms with E-state index in [-0.39, 0.29) is 19.1 Å². The summed E-state index contributed by atoms with van der Waals surface area (Å²) in [4.78, 5) is 12.3. The summed E-state index contributed by atoms with van der Waals surface area (Å²) < 4.78 is 5.47. The molecule has 1 amide bonds. The monoisotopic (exact) mass is 432 g/mol. The van der Waals surface area contributed by atoms with E-state index in [9.17, 15) is 15.0 Å². The average Bonchev–Trinajstić information content (AvgIpc) is 3.14. The molecule has 4 rings (SSSR count). The van der Waals surface area contributed by atoms with Crippen molar-refractivity contribution in [3.8, 4) is 11.1 Å². The number of aliphatic hydroxyl groups is 2. The number of alkyl carbamates (subject to hydrolysis) is 1. The van der Waals surface area contributed by atoms with Crippen LogP contribution in [0.25, 0.3) is 11.1 Å². The molecule has 0 radical (unpaired) electrons. The van der Waals surface area contributed by atoms with E-state index in [4.69, 9.17) is 10.5 Å². The molecule has 0 aliphatic heterocycles. The standard InChI is InChI=1S/C26H28N2O4/c1-2-16-11-12-23(27)21(13-16)25(30)24(29)14-28-26(31)32-15-22-19-9-5-3-7-17(19)18-8-4-6-10-20(18)22/h3-13,22,24-25,29-30H,2,14-15,27H2,1H3,(H,28,31). The topological polar surface area (TPSA) is 105 Å². The Morgan fingerprint density at radius 2 is 1.66 bits per heavy atom. The van der Waals surface area contributed by atoms with E-state index in [1.54, 1.807) is 12.1 Å². The number of carbonyl (C=O) groups is 1. The summed E-state index contributed by atoms with van der Waals surface area (Å²) >= 11 is 0. The van der Waals surface area contributed by atoms with Gasteiger partial charge in [0.25, 0.3) is 0 Å². The Bertz CT molecular complexity index is 1070. The van der Waals surface area contributed by atoms with Crippen molar-refractivity contribution in [3.63, 3.8) is 0 Å². The minimum Gasteiger partial charge on any atom is -0.449 e. The third-order valence-corrected chi connectivity index (χ3v) is 6.04. The van der Waals surface area contributed by atoms with Crippen LogP contribution in [0, 0.1) is 0 Å². The lowest BCUT2D eigenvalue weighted by Gasteiger charge is -2.21. The summed E-state index contributed by atoms with van der Waals surface area (Å²) in [6, 6.07) is 21.6. The fourth-order valence-electron chi connectivity index (χ4n) is 4.26. The first-order chi connectivity index (χ1) is 15.5. The van der Waals surface area contributed by atoms with E-state index in [0.717, 1.165) is 34.2 Å². The lowest BCUT2D eigenvalue weighted by molar-refractivity contribution is 0.0189. The van der Waals surface area contributed by atoms with Gasteiger partial charge in [-0.25, -0.2) is 4.79 Å². The number of nitrogens with one attached hydrogen (secondary N) is 1. The zero-order chi connectivity index (χ0) is 22.7. The molecule has 5 N–H and O–H groups in total. The van der Waals surface area contributed by atoms with Crippen LogP contribution in [0.3, 0.4) is 0 Å². The molecular formula is C26H28N2O4. The molecule has 6 heteroatoms. The maximum absolute atomic E-state index is 12.3. The quantitative estimate of drug-likeness (QED) is 0.426. The number of aryl methyl sites for hydroxylation is 1. The fourth-order valence-corrected chi connectivity index (χ4v) is 4.26. The molecule has 0 fully saturated rings. The Morgan fingerprint density at radius 1 is 1.03 bits per heavy atom. The van der Waals surface area contributed by atoms with Gasteiger partial charge in [0, 0.05) is 23.7 Å². The SMILES string of the molecule is CCc1ccc(N)c(C(O)C(O)CNC(=O)OCC2c3ccccc3-c3ccccc32)c1. The van der Waals surface area contributed by atoms with Crippen LogP contribution in [0.15, 0.2) is 66.7 Å². The van der Waals surface area contributed by atoms with Crippen LogP contribution in [-0.2, 0) is 11.2 Å². The molecule has 0 spiro atoms. The second-order valence-corrected chi connectivity index (χ2v) is 8.04. The number of aliphatic hydroxyl groups excluding tert-OH is 2. The Kier molecular flexibility index (Phi) is 6.44. The Morgan fingerprint density at radius 3 is 2.28 bits per heavy atom. The number of anilines is 1. The number of fused-ring (bicyclic) bond motifs is 3. The second-order valence-electron chi connectivity index (χ2n) is 8.04. The third kappa shape index (κ3) is 4.33. The van der Waals surface area contributed by atoms with Crippen molar-refractivity contribution < 1.29 is 19.7 Å². The highest BCUT2D eigenvalue weighted by molar-refractivity contribution is 5.79. The highest BCUT2D eigenvalue weighted by Gasteiger charge is 2.29. The molecule has 0 saturated carbocycles. The van der Waals surface area contributed by atoms with Crippen LogP contribution in [0.1, 0.15) is 41.2 Å². The van der Waals surface area contributed by atoms with Gasteiger partial charge in [0.2, 0.25) is 0 Å². The highest BCUT2D eigenvalue weighted by Crippen LogP contribution is 2.44. The number of nitrogens with two attached hydrogens (primary N) is 1. The van der Waals surface area contributed by atoms with Crippen LogP contribution < -0.4 is 11.1 Å². The van der Waals surface area contributed by atoms with Crippen molar-refractivity contribution in [2.75, 3.05) is 18.9 Å². The number of hydrogen-bond acceptors (Lipinski definition) is 5. The molecule has 32 heavy (non-hydrogen) atoms. The van der Waals surface area contributed by atoms with E-state index in [1.165, 1.54) is 0 Å². The molecule has 0 saturated heterocycles. The first-order valence-corrected chi connectivity index (χ1v) is 10.8. The van der Waals surface area contributed by atoms with Crippen molar-refractivity contribution >= 4 is 11.8 Å². The zero-order valence-corrected chi connectivity index (χ0v) is 18.0. The van der Waals surface area contributed by atoms with E-state index < -0.39 is 18.3 Å². The van der Waals surface area contributed by atoms with Gasteiger partial charge in [0.1, 0.15) is 18.8 Å². The van der Waals surface area contributed by atoms with Gasteiger partial charge < -0.3 is 26.0 Å². The van der Waals surface area contributed by atoms with Crippen molar-refractivity contribution in [2.24, 2.45) is 0 Å². The van der Waals surface area contributed by atoms with Crippen LogP contribution in [0.2, 0.25) is 0 Å². The molecule has 166 valence electrons. The number of rotatable bonds is 7. The van der Waals surface area contributed by atoms with Crippen LogP contribution in [0.5, 0.6) is 0 Å². The normalized spacial score (nSPS) is 14.3. The number of hydrogen-bond donors (Lipinski definition) is 4. The Hall–Kier alpha value is -3.35. The molecule has 2 atom stereocenters. The number of carbonyl (C=O) groups excluding carboxylic acids is 1. The molecule has 1 aliphatic carbocycles. The number of ether oxygens (including phenoxy) is 1. The summed E-state index contributed by atoms with van der Waals surface area (Å²) in [6.45, 7) is 2.02. The number of amides is 1. The Labute approximate surface area is 187 Å². The number of benzene rings is 3. The third-order valence-electron chi connectivity index (χ3n) is 6.04. The van der Waals surface area contributed by atoms with Crippen molar-refractivity contribution in [2.45, 2.75) is 31.5 Å². The zero-order valence-electron chi connectivity index (χ0n) is 18.0. The smallest absolute Gasteiger partial charge is 0.407 e.